The molecule has 1 amide bonds. The Hall–Kier alpha value is -1.67. The van der Waals surface area contributed by atoms with Gasteiger partial charge in [-0.3, -0.25) is 4.79 Å². The van der Waals surface area contributed by atoms with Crippen molar-refractivity contribution >= 4 is 46.1 Å². The molecule has 0 saturated heterocycles. The normalized spacial score (nSPS) is 10.2. The lowest BCUT2D eigenvalue weighted by molar-refractivity contribution is -0.124. The number of nitrogens with one attached hydrogen (secondary N) is 1. The van der Waals surface area contributed by atoms with Crippen molar-refractivity contribution in [2.24, 2.45) is 0 Å². The zero-order valence-corrected chi connectivity index (χ0v) is 14.7. The lowest BCUT2D eigenvalue weighted by Crippen LogP contribution is -2.28. The van der Waals surface area contributed by atoms with Crippen LogP contribution in [0.4, 0.5) is 4.39 Å². The minimum Gasteiger partial charge on any atom is -0.452 e. The van der Waals surface area contributed by atoms with E-state index in [-0.39, 0.29) is 11.6 Å². The number of carbonyl (C=O) groups excluding carboxylic acids is 2. The number of hydrogen-bond donors (Lipinski definition) is 1. The molecule has 0 aliphatic carbocycles. The van der Waals surface area contributed by atoms with Crippen molar-refractivity contribution < 1.29 is 18.7 Å². The van der Waals surface area contributed by atoms with Crippen LogP contribution in [0.5, 0.6) is 0 Å². The Balaban J connectivity index is 1.83. The Morgan fingerprint density at radius 2 is 1.96 bits per heavy atom. The smallest absolute Gasteiger partial charge is 0.339 e. The summed E-state index contributed by atoms with van der Waals surface area (Å²) < 4.78 is 18.6. The quantitative estimate of drug-likeness (QED) is 0.563. The first-order chi connectivity index (χ1) is 11.0. The summed E-state index contributed by atoms with van der Waals surface area (Å²) in [5.74, 6) is -1.48. The third kappa shape index (κ3) is 5.18. The van der Waals surface area contributed by atoms with Crippen LogP contribution in [0.1, 0.15) is 15.9 Å². The fourth-order valence-electron chi connectivity index (χ4n) is 1.75. The molecular formula is C16H12ClFINO3. The maximum atomic E-state index is 12.9. The highest BCUT2D eigenvalue weighted by Crippen LogP contribution is 2.17. The minimum atomic E-state index is -0.565. The number of rotatable bonds is 5. The molecule has 0 radical (unpaired) electrons. The standard InChI is InChI=1S/C16H12ClFINO3/c17-13-7-11(18)6-5-10(13)8-20-15(21)9-23-16(22)12-3-1-2-4-14(12)19/h1-7H,8-9H2,(H,20,21). The van der Waals surface area contributed by atoms with Crippen LogP contribution >= 0.6 is 34.2 Å². The molecule has 7 heteroatoms. The fraction of sp³-hybridized carbons (Fsp3) is 0.125. The molecule has 120 valence electrons. The van der Waals surface area contributed by atoms with Gasteiger partial charge in [-0.2, -0.15) is 0 Å². The van der Waals surface area contributed by atoms with Crippen LogP contribution in [-0.4, -0.2) is 18.5 Å². The Kier molecular flexibility index (Phi) is 6.35. The first-order valence-electron chi connectivity index (χ1n) is 6.59. The predicted molar refractivity (Wildman–Crippen MR) is 92.7 cm³/mol. The van der Waals surface area contributed by atoms with Gasteiger partial charge in [0.1, 0.15) is 5.82 Å². The van der Waals surface area contributed by atoms with E-state index >= 15 is 0 Å². The maximum Gasteiger partial charge on any atom is 0.339 e. The van der Waals surface area contributed by atoms with Gasteiger partial charge in [-0.05, 0) is 52.4 Å². The van der Waals surface area contributed by atoms with Crippen LogP contribution in [0.3, 0.4) is 0 Å². The van der Waals surface area contributed by atoms with Gasteiger partial charge in [-0.1, -0.05) is 29.8 Å². The van der Waals surface area contributed by atoms with E-state index in [0.29, 0.717) is 11.1 Å². The molecule has 0 fully saturated rings. The predicted octanol–water partition coefficient (Wildman–Crippen LogP) is 3.56. The third-order valence-electron chi connectivity index (χ3n) is 2.92. The second-order valence-electron chi connectivity index (χ2n) is 4.57. The summed E-state index contributed by atoms with van der Waals surface area (Å²) in [6.45, 7) is -0.277. The summed E-state index contributed by atoms with van der Waals surface area (Å²) in [7, 11) is 0. The second kappa shape index (κ2) is 8.26. The van der Waals surface area contributed by atoms with Crippen molar-refractivity contribution in [3.8, 4) is 0 Å². The van der Waals surface area contributed by atoms with Crippen LogP contribution < -0.4 is 5.32 Å². The number of carbonyl (C=O) groups is 2. The number of esters is 1. The zero-order chi connectivity index (χ0) is 16.8. The van der Waals surface area contributed by atoms with Gasteiger partial charge in [-0.25, -0.2) is 9.18 Å². The minimum absolute atomic E-state index is 0.123. The molecule has 2 aromatic carbocycles. The second-order valence-corrected chi connectivity index (χ2v) is 6.14. The molecular weight excluding hydrogens is 436 g/mol. The molecule has 0 aliphatic rings. The molecule has 0 atom stereocenters. The third-order valence-corrected chi connectivity index (χ3v) is 4.21. The van der Waals surface area contributed by atoms with Gasteiger partial charge in [0.15, 0.2) is 6.61 Å². The molecule has 0 saturated carbocycles. The highest BCUT2D eigenvalue weighted by molar-refractivity contribution is 14.1. The number of ether oxygens (including phenoxy) is 1. The lowest BCUT2D eigenvalue weighted by atomic mass is 10.2. The van der Waals surface area contributed by atoms with Gasteiger partial charge in [0.05, 0.1) is 5.56 Å². The van der Waals surface area contributed by atoms with E-state index in [1.807, 2.05) is 22.6 Å². The van der Waals surface area contributed by atoms with Crippen molar-refractivity contribution in [3.05, 3.63) is 68.0 Å². The Labute approximate surface area is 151 Å². The van der Waals surface area contributed by atoms with Crippen LogP contribution in [0.25, 0.3) is 0 Å². The summed E-state index contributed by atoms with van der Waals surface area (Å²) in [5, 5.41) is 2.78. The van der Waals surface area contributed by atoms with Gasteiger partial charge < -0.3 is 10.1 Å². The van der Waals surface area contributed by atoms with E-state index in [0.717, 1.165) is 3.57 Å². The largest absolute Gasteiger partial charge is 0.452 e. The zero-order valence-electron chi connectivity index (χ0n) is 11.8. The molecule has 0 aliphatic heterocycles. The van der Waals surface area contributed by atoms with Crippen molar-refractivity contribution in [3.63, 3.8) is 0 Å². The summed E-state index contributed by atoms with van der Waals surface area (Å²) >= 11 is 7.88. The molecule has 23 heavy (non-hydrogen) atoms. The van der Waals surface area contributed by atoms with E-state index in [4.69, 9.17) is 16.3 Å². The molecule has 2 aromatic rings. The monoisotopic (exact) mass is 447 g/mol. The van der Waals surface area contributed by atoms with Gasteiger partial charge in [0.25, 0.3) is 5.91 Å². The first-order valence-corrected chi connectivity index (χ1v) is 8.05. The molecule has 0 heterocycles. The average molecular weight is 448 g/mol. The van der Waals surface area contributed by atoms with E-state index in [2.05, 4.69) is 5.32 Å². The fourth-order valence-corrected chi connectivity index (χ4v) is 2.59. The van der Waals surface area contributed by atoms with Crippen molar-refractivity contribution in [1.82, 2.24) is 5.32 Å². The van der Waals surface area contributed by atoms with E-state index in [1.165, 1.54) is 18.2 Å². The highest BCUT2D eigenvalue weighted by atomic mass is 127. The Morgan fingerprint density at radius 1 is 1.22 bits per heavy atom. The van der Waals surface area contributed by atoms with E-state index in [9.17, 15) is 14.0 Å². The molecule has 4 nitrogen and oxygen atoms in total. The molecule has 0 aromatic heterocycles. The number of halogens is 3. The van der Waals surface area contributed by atoms with Gasteiger partial charge in [0.2, 0.25) is 0 Å². The highest BCUT2D eigenvalue weighted by Gasteiger charge is 2.13. The van der Waals surface area contributed by atoms with Crippen LogP contribution in [0.15, 0.2) is 42.5 Å². The molecule has 0 bridgehead atoms. The number of amides is 1. The molecule has 0 spiro atoms. The van der Waals surface area contributed by atoms with Crippen LogP contribution in [0, 0.1) is 9.39 Å². The first kappa shape index (κ1) is 17.7. The van der Waals surface area contributed by atoms with E-state index < -0.39 is 24.3 Å². The summed E-state index contributed by atoms with van der Waals surface area (Å²) in [4.78, 5) is 23.6. The maximum absolute atomic E-state index is 12.9. The van der Waals surface area contributed by atoms with E-state index in [1.54, 1.807) is 24.3 Å². The molecule has 0 unspecified atom stereocenters. The summed E-state index contributed by atoms with van der Waals surface area (Å²) in [5.41, 5.74) is 0.979. The van der Waals surface area contributed by atoms with Gasteiger partial charge in [-0.15, -0.1) is 0 Å². The number of benzene rings is 2. The van der Waals surface area contributed by atoms with Gasteiger partial charge in [0, 0.05) is 15.1 Å². The summed E-state index contributed by atoms with van der Waals surface area (Å²) in [6, 6.07) is 10.8. The Bertz CT molecular complexity index is 739. The lowest BCUT2D eigenvalue weighted by Gasteiger charge is -2.08. The summed E-state index contributed by atoms with van der Waals surface area (Å²) in [6.07, 6.45) is 0. The van der Waals surface area contributed by atoms with Crippen molar-refractivity contribution in [2.45, 2.75) is 6.54 Å². The molecule has 2 rings (SSSR count). The molecule has 1 N–H and O–H groups in total. The van der Waals surface area contributed by atoms with Crippen molar-refractivity contribution in [1.29, 1.82) is 0 Å². The average Bonchev–Trinajstić information content (AvgIpc) is 2.52. The van der Waals surface area contributed by atoms with Crippen molar-refractivity contribution in [2.75, 3.05) is 6.61 Å². The SMILES string of the molecule is O=C(COC(=O)c1ccccc1I)NCc1ccc(F)cc1Cl. The van der Waals surface area contributed by atoms with Crippen LogP contribution in [0.2, 0.25) is 5.02 Å². The van der Waals surface area contributed by atoms with Gasteiger partial charge >= 0.3 is 5.97 Å². The number of hydrogen-bond acceptors (Lipinski definition) is 3. The Morgan fingerprint density at radius 3 is 2.65 bits per heavy atom. The topological polar surface area (TPSA) is 55.4 Å². The van der Waals surface area contributed by atoms with Crippen LogP contribution in [-0.2, 0) is 16.1 Å².